The lowest BCUT2D eigenvalue weighted by atomic mass is 10.2. The molecule has 0 fully saturated rings. The van der Waals surface area contributed by atoms with Crippen LogP contribution in [0.15, 0.2) is 0 Å². The van der Waals surface area contributed by atoms with Gasteiger partial charge >= 0.3 is 0 Å². The molecule has 0 aliphatic rings. The van der Waals surface area contributed by atoms with Crippen LogP contribution in [0.25, 0.3) is 0 Å². The van der Waals surface area contributed by atoms with E-state index in [1.165, 1.54) is 0 Å². The highest BCUT2D eigenvalue weighted by Gasteiger charge is 1.97. The number of ether oxygens (including phenoxy) is 2. The molecule has 1 unspecified atom stereocenters. The zero-order chi connectivity index (χ0) is 9.94. The van der Waals surface area contributed by atoms with Crippen LogP contribution in [0.4, 0.5) is 0 Å². The van der Waals surface area contributed by atoms with E-state index in [9.17, 15) is 0 Å². The van der Waals surface area contributed by atoms with Crippen LogP contribution in [0.2, 0.25) is 0 Å². The summed E-state index contributed by atoms with van der Waals surface area (Å²) in [4.78, 5) is 0. The van der Waals surface area contributed by atoms with Gasteiger partial charge in [-0.15, -0.1) is 11.6 Å². The van der Waals surface area contributed by atoms with Crippen LogP contribution in [0, 0.1) is 5.92 Å². The molecule has 0 spiro atoms. The molecule has 0 aliphatic carbocycles. The summed E-state index contributed by atoms with van der Waals surface area (Å²) >= 11 is 5.65. The van der Waals surface area contributed by atoms with Crippen LogP contribution in [-0.2, 0) is 9.47 Å². The molecule has 0 aromatic heterocycles. The Morgan fingerprint density at radius 2 is 2.08 bits per heavy atom. The van der Waals surface area contributed by atoms with Gasteiger partial charge in [-0.2, -0.15) is 0 Å². The first-order valence-electron chi connectivity index (χ1n) is 4.64. The standard InChI is InChI=1S/C9H20ClNO2/c1-9(7-10)8-11-3-4-13-6-5-12-2/h9,11H,3-8H2,1-2H3. The predicted octanol–water partition coefficient (Wildman–Crippen LogP) is 1.11. The zero-order valence-corrected chi connectivity index (χ0v) is 9.27. The molecule has 0 saturated carbocycles. The van der Waals surface area contributed by atoms with E-state index in [1.807, 2.05) is 0 Å². The van der Waals surface area contributed by atoms with Gasteiger partial charge in [-0.1, -0.05) is 6.92 Å². The number of rotatable bonds is 9. The van der Waals surface area contributed by atoms with Gasteiger partial charge in [-0.05, 0) is 12.5 Å². The molecule has 0 radical (unpaired) electrons. The Morgan fingerprint density at radius 3 is 2.69 bits per heavy atom. The summed E-state index contributed by atoms with van der Waals surface area (Å²) in [6.07, 6.45) is 0. The van der Waals surface area contributed by atoms with Gasteiger partial charge in [0.2, 0.25) is 0 Å². The average molecular weight is 210 g/mol. The van der Waals surface area contributed by atoms with Crippen molar-refractivity contribution in [2.75, 3.05) is 45.9 Å². The Labute approximate surface area is 85.7 Å². The molecule has 0 rings (SSSR count). The van der Waals surface area contributed by atoms with Gasteiger partial charge < -0.3 is 14.8 Å². The molecule has 4 heteroatoms. The minimum absolute atomic E-state index is 0.528. The third-order valence-corrected chi connectivity index (χ3v) is 2.14. The second kappa shape index (κ2) is 10.3. The molecule has 0 aromatic rings. The second-order valence-electron chi connectivity index (χ2n) is 3.07. The summed E-state index contributed by atoms with van der Waals surface area (Å²) in [7, 11) is 1.67. The van der Waals surface area contributed by atoms with Crippen molar-refractivity contribution < 1.29 is 9.47 Å². The third-order valence-electron chi connectivity index (χ3n) is 1.61. The fourth-order valence-corrected chi connectivity index (χ4v) is 0.901. The summed E-state index contributed by atoms with van der Waals surface area (Å²) in [6, 6.07) is 0. The number of nitrogens with one attached hydrogen (secondary N) is 1. The van der Waals surface area contributed by atoms with Crippen molar-refractivity contribution >= 4 is 11.6 Å². The lowest BCUT2D eigenvalue weighted by Crippen LogP contribution is -2.26. The van der Waals surface area contributed by atoms with Gasteiger partial charge in [0.25, 0.3) is 0 Å². The molecule has 0 bridgehead atoms. The molecule has 0 aromatic carbocycles. The van der Waals surface area contributed by atoms with Crippen molar-refractivity contribution in [3.63, 3.8) is 0 Å². The van der Waals surface area contributed by atoms with Crippen LogP contribution in [0.3, 0.4) is 0 Å². The second-order valence-corrected chi connectivity index (χ2v) is 3.38. The summed E-state index contributed by atoms with van der Waals surface area (Å²) in [5, 5.41) is 3.26. The Balaban J connectivity index is 2.91. The minimum Gasteiger partial charge on any atom is -0.382 e. The summed E-state index contributed by atoms with van der Waals surface area (Å²) in [5.41, 5.74) is 0. The smallest absolute Gasteiger partial charge is 0.0700 e. The van der Waals surface area contributed by atoms with Crippen molar-refractivity contribution in [2.24, 2.45) is 5.92 Å². The Hall–Kier alpha value is 0.170. The largest absolute Gasteiger partial charge is 0.382 e. The summed E-state index contributed by atoms with van der Waals surface area (Å²) in [6.45, 7) is 6.02. The normalized spacial score (nSPS) is 13.2. The first-order chi connectivity index (χ1) is 6.31. The maximum atomic E-state index is 5.65. The number of halogens is 1. The number of methoxy groups -OCH3 is 1. The average Bonchev–Trinajstić information content (AvgIpc) is 2.16. The monoisotopic (exact) mass is 209 g/mol. The maximum Gasteiger partial charge on any atom is 0.0700 e. The molecule has 0 aliphatic heterocycles. The molecule has 1 atom stereocenters. The van der Waals surface area contributed by atoms with Gasteiger partial charge in [0, 0.05) is 19.5 Å². The highest BCUT2D eigenvalue weighted by Crippen LogP contribution is 1.94. The van der Waals surface area contributed by atoms with Gasteiger partial charge in [-0.3, -0.25) is 0 Å². The van der Waals surface area contributed by atoms with Crippen LogP contribution in [-0.4, -0.2) is 45.9 Å². The van der Waals surface area contributed by atoms with Crippen molar-refractivity contribution in [3.8, 4) is 0 Å². The maximum absolute atomic E-state index is 5.65. The first-order valence-corrected chi connectivity index (χ1v) is 5.18. The van der Waals surface area contributed by atoms with Crippen LogP contribution < -0.4 is 5.32 Å². The lowest BCUT2D eigenvalue weighted by molar-refractivity contribution is 0.0718. The zero-order valence-electron chi connectivity index (χ0n) is 8.51. The molecule has 0 saturated heterocycles. The van der Waals surface area contributed by atoms with Crippen LogP contribution >= 0.6 is 11.6 Å². The van der Waals surface area contributed by atoms with Crippen LogP contribution in [0.5, 0.6) is 0 Å². The molecule has 0 amide bonds. The molecule has 80 valence electrons. The highest BCUT2D eigenvalue weighted by molar-refractivity contribution is 6.18. The van der Waals surface area contributed by atoms with Crippen molar-refractivity contribution in [2.45, 2.75) is 6.92 Å². The molecular weight excluding hydrogens is 190 g/mol. The van der Waals surface area contributed by atoms with Crippen molar-refractivity contribution in [3.05, 3.63) is 0 Å². The lowest BCUT2D eigenvalue weighted by Gasteiger charge is -2.09. The molecule has 1 N–H and O–H groups in total. The molecule has 0 heterocycles. The van der Waals surface area contributed by atoms with Crippen molar-refractivity contribution in [1.82, 2.24) is 5.32 Å². The summed E-state index contributed by atoms with van der Waals surface area (Å²) < 4.78 is 10.1. The van der Waals surface area contributed by atoms with Gasteiger partial charge in [0.15, 0.2) is 0 Å². The fraction of sp³-hybridized carbons (Fsp3) is 1.00. The predicted molar refractivity (Wildman–Crippen MR) is 55.4 cm³/mol. The van der Waals surface area contributed by atoms with Gasteiger partial charge in [-0.25, -0.2) is 0 Å². The Morgan fingerprint density at radius 1 is 1.31 bits per heavy atom. The number of hydrogen-bond donors (Lipinski definition) is 1. The molecular formula is C9H20ClNO2. The van der Waals surface area contributed by atoms with E-state index in [-0.39, 0.29) is 0 Å². The van der Waals surface area contributed by atoms with Crippen molar-refractivity contribution in [1.29, 1.82) is 0 Å². The third kappa shape index (κ3) is 10.1. The number of hydrogen-bond acceptors (Lipinski definition) is 3. The number of alkyl halides is 1. The fourth-order valence-electron chi connectivity index (χ4n) is 0.792. The van der Waals surface area contributed by atoms with E-state index in [2.05, 4.69) is 12.2 Å². The topological polar surface area (TPSA) is 30.5 Å². The first kappa shape index (κ1) is 13.2. The van der Waals surface area contributed by atoms with Crippen LogP contribution in [0.1, 0.15) is 6.92 Å². The quantitative estimate of drug-likeness (QED) is 0.456. The Bertz CT molecular complexity index is 104. The van der Waals surface area contributed by atoms with E-state index >= 15 is 0 Å². The van der Waals surface area contributed by atoms with E-state index in [0.29, 0.717) is 25.0 Å². The minimum atomic E-state index is 0.528. The van der Waals surface area contributed by atoms with E-state index in [1.54, 1.807) is 7.11 Å². The van der Waals surface area contributed by atoms with E-state index in [0.717, 1.165) is 19.7 Å². The van der Waals surface area contributed by atoms with Gasteiger partial charge in [0.05, 0.1) is 19.8 Å². The highest BCUT2D eigenvalue weighted by atomic mass is 35.5. The Kier molecular flexibility index (Phi) is 10.4. The van der Waals surface area contributed by atoms with E-state index < -0.39 is 0 Å². The summed E-state index contributed by atoms with van der Waals surface area (Å²) in [5.74, 6) is 1.23. The SMILES string of the molecule is COCCOCCNCC(C)CCl. The molecule has 13 heavy (non-hydrogen) atoms. The molecule has 3 nitrogen and oxygen atoms in total. The van der Waals surface area contributed by atoms with Gasteiger partial charge in [0.1, 0.15) is 0 Å². The van der Waals surface area contributed by atoms with E-state index in [4.69, 9.17) is 21.1 Å².